The number of aryl methyl sites for hydroxylation is 1. The highest BCUT2D eigenvalue weighted by Crippen LogP contribution is 2.22. The maximum atomic E-state index is 13.2. The van der Waals surface area contributed by atoms with Crippen LogP contribution in [0, 0.1) is 0 Å². The van der Waals surface area contributed by atoms with Gasteiger partial charge in [-0.25, -0.2) is 9.37 Å². The lowest BCUT2D eigenvalue weighted by Crippen LogP contribution is -2.32. The Kier molecular flexibility index (Phi) is 4.34. The number of carbonyl (C=O) groups is 1. The van der Waals surface area contributed by atoms with Crippen LogP contribution in [0.15, 0.2) is 36.9 Å². The lowest BCUT2D eigenvalue weighted by atomic mass is 10.1. The van der Waals surface area contributed by atoms with E-state index >= 15 is 0 Å². The SMILES string of the molecule is Cn1cc(-c2cc3cc(NC(=O)CN4CCC(F)C4)ncc3cn2)cn1. The molecule has 3 aromatic heterocycles. The van der Waals surface area contributed by atoms with E-state index in [2.05, 4.69) is 20.4 Å². The van der Waals surface area contributed by atoms with Crippen molar-refractivity contribution in [1.29, 1.82) is 0 Å². The lowest BCUT2D eigenvalue weighted by Gasteiger charge is -2.14. The third-order valence-electron chi connectivity index (χ3n) is 4.45. The Hall–Kier alpha value is -2.87. The Bertz CT molecular complexity index is 956. The minimum Gasteiger partial charge on any atom is -0.310 e. The Labute approximate surface area is 149 Å². The zero-order valence-electron chi connectivity index (χ0n) is 14.4. The van der Waals surface area contributed by atoms with Gasteiger partial charge >= 0.3 is 0 Å². The highest BCUT2D eigenvalue weighted by Gasteiger charge is 2.23. The first kappa shape index (κ1) is 16.6. The molecule has 1 amide bonds. The topological polar surface area (TPSA) is 75.9 Å². The first-order valence-electron chi connectivity index (χ1n) is 8.48. The van der Waals surface area contributed by atoms with E-state index in [1.165, 1.54) is 0 Å². The minimum atomic E-state index is -0.833. The van der Waals surface area contributed by atoms with Crippen molar-refractivity contribution in [2.45, 2.75) is 12.6 Å². The molecule has 134 valence electrons. The molecular formula is C18H19FN6O. The molecule has 0 radical (unpaired) electrons. The minimum absolute atomic E-state index is 0.178. The fourth-order valence-electron chi connectivity index (χ4n) is 3.13. The molecule has 0 aromatic carbocycles. The van der Waals surface area contributed by atoms with Crippen LogP contribution < -0.4 is 5.32 Å². The summed E-state index contributed by atoms with van der Waals surface area (Å²) < 4.78 is 14.9. The molecule has 0 aliphatic carbocycles. The van der Waals surface area contributed by atoms with E-state index in [0.717, 1.165) is 22.0 Å². The number of likely N-dealkylation sites (tertiary alicyclic amines) is 1. The summed E-state index contributed by atoms with van der Waals surface area (Å²) in [4.78, 5) is 22.7. The van der Waals surface area contributed by atoms with Crippen molar-refractivity contribution in [3.05, 3.63) is 36.9 Å². The van der Waals surface area contributed by atoms with E-state index in [0.29, 0.717) is 25.3 Å². The molecule has 1 N–H and O–H groups in total. The van der Waals surface area contributed by atoms with Crippen molar-refractivity contribution in [1.82, 2.24) is 24.6 Å². The van der Waals surface area contributed by atoms with Gasteiger partial charge in [0, 0.05) is 49.7 Å². The van der Waals surface area contributed by atoms with Crippen molar-refractivity contribution in [3.63, 3.8) is 0 Å². The molecule has 1 aliphatic heterocycles. The van der Waals surface area contributed by atoms with Crippen LogP contribution in [0.25, 0.3) is 22.0 Å². The quantitative estimate of drug-likeness (QED) is 0.776. The predicted molar refractivity (Wildman–Crippen MR) is 96.3 cm³/mol. The van der Waals surface area contributed by atoms with Gasteiger partial charge in [0.2, 0.25) is 5.91 Å². The van der Waals surface area contributed by atoms with Crippen LogP contribution in [-0.2, 0) is 11.8 Å². The number of alkyl halides is 1. The largest absolute Gasteiger partial charge is 0.310 e. The summed E-state index contributed by atoms with van der Waals surface area (Å²) in [6.45, 7) is 1.11. The van der Waals surface area contributed by atoms with Gasteiger partial charge in [0.05, 0.1) is 18.4 Å². The van der Waals surface area contributed by atoms with Crippen LogP contribution in [-0.4, -0.2) is 56.4 Å². The molecule has 4 rings (SSSR count). The number of aromatic nitrogens is 4. The molecule has 4 heterocycles. The molecule has 1 fully saturated rings. The van der Waals surface area contributed by atoms with Crippen molar-refractivity contribution >= 4 is 22.5 Å². The number of nitrogens with one attached hydrogen (secondary N) is 1. The molecule has 3 aromatic rings. The fourth-order valence-corrected chi connectivity index (χ4v) is 3.13. The normalized spacial score (nSPS) is 17.7. The van der Waals surface area contributed by atoms with Gasteiger partial charge in [-0.2, -0.15) is 5.10 Å². The number of rotatable bonds is 4. The predicted octanol–water partition coefficient (Wildman–Crippen LogP) is 2.01. The summed E-state index contributed by atoms with van der Waals surface area (Å²) in [5, 5.41) is 8.76. The Morgan fingerprint density at radius 2 is 2.12 bits per heavy atom. The first-order chi connectivity index (χ1) is 12.6. The standard InChI is InChI=1S/C18H19FN6O/c1-24-9-14(8-22-24)16-4-12-5-17(21-7-13(12)6-20-16)23-18(26)11-25-3-2-15(19)10-25/h4-9,15H,2-3,10-11H2,1H3,(H,21,23,26). The second kappa shape index (κ2) is 6.80. The monoisotopic (exact) mass is 354 g/mol. The number of hydrogen-bond acceptors (Lipinski definition) is 5. The molecule has 1 unspecified atom stereocenters. The van der Waals surface area contributed by atoms with Gasteiger partial charge in [-0.3, -0.25) is 19.4 Å². The fraction of sp³-hybridized carbons (Fsp3) is 0.333. The van der Waals surface area contributed by atoms with E-state index < -0.39 is 6.17 Å². The molecule has 26 heavy (non-hydrogen) atoms. The third kappa shape index (κ3) is 3.55. The summed E-state index contributed by atoms with van der Waals surface area (Å²) in [5.41, 5.74) is 1.73. The molecule has 0 bridgehead atoms. The number of carbonyl (C=O) groups excluding carboxylic acids is 1. The number of anilines is 1. The van der Waals surface area contributed by atoms with E-state index in [-0.39, 0.29) is 12.5 Å². The van der Waals surface area contributed by atoms with Crippen molar-refractivity contribution in [2.24, 2.45) is 7.05 Å². The van der Waals surface area contributed by atoms with Crippen LogP contribution in [0.1, 0.15) is 6.42 Å². The van der Waals surface area contributed by atoms with Gasteiger partial charge in [0.15, 0.2) is 0 Å². The summed E-state index contributed by atoms with van der Waals surface area (Å²) in [5.74, 6) is 0.286. The van der Waals surface area contributed by atoms with Crippen molar-refractivity contribution in [2.75, 3.05) is 25.0 Å². The second-order valence-electron chi connectivity index (χ2n) is 6.56. The molecule has 1 aliphatic rings. The average molecular weight is 354 g/mol. The van der Waals surface area contributed by atoms with Gasteiger partial charge in [-0.15, -0.1) is 0 Å². The van der Waals surface area contributed by atoms with Crippen LogP contribution >= 0.6 is 0 Å². The lowest BCUT2D eigenvalue weighted by molar-refractivity contribution is -0.117. The van der Waals surface area contributed by atoms with Gasteiger partial charge in [0.1, 0.15) is 12.0 Å². The molecule has 0 saturated carbocycles. The zero-order valence-corrected chi connectivity index (χ0v) is 14.4. The van der Waals surface area contributed by atoms with Gasteiger partial charge in [-0.1, -0.05) is 0 Å². The third-order valence-corrected chi connectivity index (χ3v) is 4.45. The summed E-state index contributed by atoms with van der Waals surface area (Å²) in [7, 11) is 1.85. The molecular weight excluding hydrogens is 335 g/mol. The second-order valence-corrected chi connectivity index (χ2v) is 6.56. The molecule has 1 saturated heterocycles. The van der Waals surface area contributed by atoms with Crippen molar-refractivity contribution in [3.8, 4) is 11.3 Å². The van der Waals surface area contributed by atoms with Crippen molar-refractivity contribution < 1.29 is 9.18 Å². The van der Waals surface area contributed by atoms with E-state index in [1.54, 1.807) is 23.3 Å². The van der Waals surface area contributed by atoms with Crippen LogP contribution in [0.2, 0.25) is 0 Å². The van der Waals surface area contributed by atoms with E-state index in [9.17, 15) is 9.18 Å². The van der Waals surface area contributed by atoms with Gasteiger partial charge < -0.3 is 5.32 Å². The maximum Gasteiger partial charge on any atom is 0.239 e. The van der Waals surface area contributed by atoms with Gasteiger partial charge in [-0.05, 0) is 23.9 Å². The molecule has 1 atom stereocenters. The van der Waals surface area contributed by atoms with E-state index in [1.807, 2.05) is 30.3 Å². The number of amides is 1. The van der Waals surface area contributed by atoms with Crippen LogP contribution in [0.4, 0.5) is 10.2 Å². The number of fused-ring (bicyclic) bond motifs is 1. The number of nitrogens with zero attached hydrogens (tertiary/aromatic N) is 5. The summed E-state index contributed by atoms with van der Waals surface area (Å²) >= 11 is 0. The van der Waals surface area contributed by atoms with E-state index in [4.69, 9.17) is 0 Å². The average Bonchev–Trinajstić information content (AvgIpc) is 3.22. The zero-order chi connectivity index (χ0) is 18.1. The maximum absolute atomic E-state index is 13.2. The number of halogens is 1. The smallest absolute Gasteiger partial charge is 0.239 e. The Balaban J connectivity index is 1.51. The first-order valence-corrected chi connectivity index (χ1v) is 8.48. The van der Waals surface area contributed by atoms with Crippen LogP contribution in [0.3, 0.4) is 0 Å². The highest BCUT2D eigenvalue weighted by molar-refractivity contribution is 5.94. The Morgan fingerprint density at radius 1 is 1.27 bits per heavy atom. The van der Waals surface area contributed by atoms with Gasteiger partial charge in [0.25, 0.3) is 0 Å². The van der Waals surface area contributed by atoms with Crippen LogP contribution in [0.5, 0.6) is 0 Å². The molecule has 8 heteroatoms. The summed E-state index contributed by atoms with van der Waals surface area (Å²) in [6.07, 6.45) is 6.74. The highest BCUT2D eigenvalue weighted by atomic mass is 19.1. The number of pyridine rings is 2. The Morgan fingerprint density at radius 3 is 2.85 bits per heavy atom. The molecule has 0 spiro atoms. The number of hydrogen-bond donors (Lipinski definition) is 1. The summed E-state index contributed by atoms with van der Waals surface area (Å²) in [6, 6.07) is 3.76. The molecule has 7 nitrogen and oxygen atoms in total.